The molecule has 4 rings (SSSR count). The van der Waals surface area contributed by atoms with E-state index < -0.39 is 0 Å². The molecule has 1 aliphatic rings. The number of aromatic nitrogens is 2. The Bertz CT molecular complexity index is 1030. The second-order valence-corrected chi connectivity index (χ2v) is 8.27. The average Bonchev–Trinajstić information content (AvgIpc) is 3.07. The van der Waals surface area contributed by atoms with Crippen molar-refractivity contribution in [2.75, 3.05) is 18.4 Å². The summed E-state index contributed by atoms with van der Waals surface area (Å²) in [6, 6.07) is 13.4. The number of hydrogen-bond acceptors (Lipinski definition) is 3. The highest BCUT2D eigenvalue weighted by Crippen LogP contribution is 2.26. The van der Waals surface area contributed by atoms with Gasteiger partial charge in [-0.15, -0.1) is 0 Å². The van der Waals surface area contributed by atoms with Crippen molar-refractivity contribution in [3.63, 3.8) is 0 Å². The zero-order chi connectivity index (χ0) is 20.4. The van der Waals surface area contributed by atoms with Gasteiger partial charge in [-0.1, -0.05) is 35.3 Å². The number of benzene rings is 2. The van der Waals surface area contributed by atoms with Crippen molar-refractivity contribution in [1.29, 1.82) is 0 Å². The predicted molar refractivity (Wildman–Crippen MR) is 118 cm³/mol. The molecule has 1 N–H and O–H groups in total. The summed E-state index contributed by atoms with van der Waals surface area (Å²) in [5.41, 5.74) is 2.86. The molecule has 7 heteroatoms. The second kappa shape index (κ2) is 8.74. The van der Waals surface area contributed by atoms with Crippen LogP contribution in [0.3, 0.4) is 0 Å². The first-order valence-electron chi connectivity index (χ1n) is 9.97. The van der Waals surface area contributed by atoms with Gasteiger partial charge in [0.15, 0.2) is 0 Å². The average molecular weight is 431 g/mol. The zero-order valence-electron chi connectivity index (χ0n) is 16.4. The minimum atomic E-state index is -0.0577. The maximum Gasteiger partial charge on any atom is 0.228 e. The number of hydrogen-bond donors (Lipinski definition) is 1. The molecule has 2 aromatic carbocycles. The highest BCUT2D eigenvalue weighted by Gasteiger charge is 2.27. The van der Waals surface area contributed by atoms with Crippen LogP contribution in [0.5, 0.6) is 0 Å². The first-order chi connectivity index (χ1) is 14.0. The van der Waals surface area contributed by atoms with E-state index in [-0.39, 0.29) is 11.8 Å². The lowest BCUT2D eigenvalue weighted by Crippen LogP contribution is -2.40. The molecule has 1 amide bonds. The monoisotopic (exact) mass is 430 g/mol. The molecule has 29 heavy (non-hydrogen) atoms. The van der Waals surface area contributed by atoms with Crippen LogP contribution in [0.25, 0.3) is 11.0 Å². The summed E-state index contributed by atoms with van der Waals surface area (Å²) >= 11 is 12.0. The molecule has 1 saturated heterocycles. The Labute approximate surface area is 180 Å². The van der Waals surface area contributed by atoms with Gasteiger partial charge in [0, 0.05) is 18.8 Å². The molecular weight excluding hydrogens is 407 g/mol. The zero-order valence-corrected chi connectivity index (χ0v) is 17.9. The SMILES string of the molecule is CCn1c(CN2CCC[C@@H](C(=O)Nc3ccc(Cl)c(Cl)c3)C2)nc2ccccc21. The van der Waals surface area contributed by atoms with Gasteiger partial charge in [0.25, 0.3) is 0 Å². The molecule has 2 heterocycles. The summed E-state index contributed by atoms with van der Waals surface area (Å²) in [6.45, 7) is 5.47. The predicted octanol–water partition coefficient (Wildman–Crippen LogP) is 5.21. The van der Waals surface area contributed by atoms with Gasteiger partial charge in [0.2, 0.25) is 5.91 Å². The molecule has 5 nitrogen and oxygen atoms in total. The number of aryl methyl sites for hydroxylation is 1. The third kappa shape index (κ3) is 4.42. The number of halogens is 2. The maximum absolute atomic E-state index is 12.8. The Kier molecular flexibility index (Phi) is 6.09. The molecule has 0 bridgehead atoms. The molecule has 1 aliphatic heterocycles. The molecule has 0 radical (unpaired) electrons. The molecular formula is C22H24Cl2N4O. The van der Waals surface area contributed by atoms with Crippen molar-refractivity contribution < 1.29 is 4.79 Å². The number of nitrogens with zero attached hydrogens (tertiary/aromatic N) is 3. The number of carbonyl (C=O) groups excluding carboxylic acids is 1. The van der Waals surface area contributed by atoms with Gasteiger partial charge in [0.1, 0.15) is 5.82 Å². The quantitative estimate of drug-likeness (QED) is 0.603. The van der Waals surface area contributed by atoms with E-state index in [1.807, 2.05) is 12.1 Å². The molecule has 1 aromatic heterocycles. The van der Waals surface area contributed by atoms with E-state index in [0.29, 0.717) is 15.7 Å². The summed E-state index contributed by atoms with van der Waals surface area (Å²) < 4.78 is 2.26. The Hall–Kier alpha value is -2.08. The first-order valence-corrected chi connectivity index (χ1v) is 10.7. The van der Waals surface area contributed by atoms with Gasteiger partial charge < -0.3 is 9.88 Å². The number of likely N-dealkylation sites (tertiary alicyclic amines) is 1. The van der Waals surface area contributed by atoms with Gasteiger partial charge >= 0.3 is 0 Å². The minimum absolute atomic E-state index is 0.0251. The number of para-hydroxylation sites is 2. The van der Waals surface area contributed by atoms with Crippen molar-refractivity contribution in [1.82, 2.24) is 14.5 Å². The fraction of sp³-hybridized carbons (Fsp3) is 0.364. The number of carbonyl (C=O) groups is 1. The topological polar surface area (TPSA) is 50.2 Å². The van der Waals surface area contributed by atoms with E-state index in [0.717, 1.165) is 55.9 Å². The Balaban J connectivity index is 1.44. The van der Waals surface area contributed by atoms with E-state index >= 15 is 0 Å². The standard InChI is InChI=1S/C22H24Cl2N4O/c1-2-28-20-8-4-3-7-19(20)26-21(28)14-27-11-5-6-15(13-27)22(29)25-16-9-10-17(23)18(24)12-16/h3-4,7-10,12,15H,2,5-6,11,13-14H2,1H3,(H,25,29)/t15-/m1/s1. The van der Waals surface area contributed by atoms with E-state index in [2.05, 4.69) is 33.8 Å². The van der Waals surface area contributed by atoms with E-state index in [1.54, 1.807) is 18.2 Å². The Morgan fingerprint density at radius 1 is 1.21 bits per heavy atom. The molecule has 1 atom stereocenters. The van der Waals surface area contributed by atoms with Crippen molar-refractivity contribution in [3.8, 4) is 0 Å². The number of rotatable bonds is 5. The number of nitrogens with one attached hydrogen (secondary N) is 1. The minimum Gasteiger partial charge on any atom is -0.327 e. The molecule has 0 spiro atoms. The van der Waals surface area contributed by atoms with Crippen LogP contribution >= 0.6 is 23.2 Å². The molecule has 0 saturated carbocycles. The fourth-order valence-corrected chi connectivity index (χ4v) is 4.33. The molecule has 1 fully saturated rings. The lowest BCUT2D eigenvalue weighted by molar-refractivity contribution is -0.121. The highest BCUT2D eigenvalue weighted by atomic mass is 35.5. The first kappa shape index (κ1) is 20.2. The largest absolute Gasteiger partial charge is 0.327 e. The summed E-state index contributed by atoms with van der Waals surface area (Å²) in [5.74, 6) is 1.02. The van der Waals surface area contributed by atoms with Crippen LogP contribution in [-0.2, 0) is 17.9 Å². The van der Waals surface area contributed by atoms with Crippen LogP contribution in [0, 0.1) is 5.92 Å². The summed E-state index contributed by atoms with van der Waals surface area (Å²) in [5, 5.41) is 3.90. The van der Waals surface area contributed by atoms with Gasteiger partial charge in [-0.25, -0.2) is 4.98 Å². The van der Waals surface area contributed by atoms with E-state index in [1.165, 1.54) is 0 Å². The van der Waals surface area contributed by atoms with Gasteiger partial charge in [-0.05, 0) is 56.6 Å². The summed E-state index contributed by atoms with van der Waals surface area (Å²) in [7, 11) is 0. The Morgan fingerprint density at radius 2 is 2.03 bits per heavy atom. The van der Waals surface area contributed by atoms with Gasteiger partial charge in [-0.2, -0.15) is 0 Å². The lowest BCUT2D eigenvalue weighted by atomic mass is 9.97. The fourth-order valence-electron chi connectivity index (χ4n) is 4.03. The van der Waals surface area contributed by atoms with Crippen LogP contribution < -0.4 is 5.32 Å². The number of anilines is 1. The van der Waals surface area contributed by atoms with Crippen LogP contribution in [0.15, 0.2) is 42.5 Å². The molecule has 0 aliphatic carbocycles. The third-order valence-corrected chi connectivity index (χ3v) is 6.22. The van der Waals surface area contributed by atoms with Crippen molar-refractivity contribution in [3.05, 3.63) is 58.3 Å². The lowest BCUT2D eigenvalue weighted by Gasteiger charge is -2.31. The number of fused-ring (bicyclic) bond motifs is 1. The summed E-state index contributed by atoms with van der Waals surface area (Å²) in [4.78, 5) is 19.9. The molecule has 3 aromatic rings. The van der Waals surface area contributed by atoms with E-state index in [4.69, 9.17) is 28.2 Å². The second-order valence-electron chi connectivity index (χ2n) is 7.45. The van der Waals surface area contributed by atoms with Gasteiger partial charge in [0.05, 0.1) is 33.5 Å². The number of amides is 1. The normalized spacial score (nSPS) is 17.6. The molecule has 0 unspecified atom stereocenters. The number of piperidine rings is 1. The van der Waals surface area contributed by atoms with Crippen molar-refractivity contribution in [2.45, 2.75) is 32.9 Å². The van der Waals surface area contributed by atoms with Crippen molar-refractivity contribution in [2.24, 2.45) is 5.92 Å². The molecule has 152 valence electrons. The summed E-state index contributed by atoms with van der Waals surface area (Å²) in [6.07, 6.45) is 1.87. The van der Waals surface area contributed by atoms with Crippen LogP contribution in [0.1, 0.15) is 25.6 Å². The van der Waals surface area contributed by atoms with Crippen molar-refractivity contribution >= 4 is 45.8 Å². The van der Waals surface area contributed by atoms with Crippen LogP contribution in [-0.4, -0.2) is 33.4 Å². The van der Waals surface area contributed by atoms with Crippen LogP contribution in [0.4, 0.5) is 5.69 Å². The van der Waals surface area contributed by atoms with Gasteiger partial charge in [-0.3, -0.25) is 9.69 Å². The Morgan fingerprint density at radius 3 is 2.83 bits per heavy atom. The third-order valence-electron chi connectivity index (χ3n) is 5.48. The van der Waals surface area contributed by atoms with Crippen LogP contribution in [0.2, 0.25) is 10.0 Å². The maximum atomic E-state index is 12.8. The highest BCUT2D eigenvalue weighted by molar-refractivity contribution is 6.42. The number of imidazole rings is 1. The van der Waals surface area contributed by atoms with E-state index in [9.17, 15) is 4.79 Å². The smallest absolute Gasteiger partial charge is 0.228 e.